The molecule has 3 nitrogen and oxygen atoms in total. The molecule has 1 unspecified atom stereocenters. The van der Waals surface area contributed by atoms with E-state index in [1.54, 1.807) is 25.1 Å². The third-order valence-corrected chi connectivity index (χ3v) is 2.37. The minimum absolute atomic E-state index is 0.242. The number of aryl methyl sites for hydroxylation is 1. The number of nitrogens with zero attached hydrogens (tertiary/aromatic N) is 1. The van der Waals surface area contributed by atoms with Gasteiger partial charge in [0.1, 0.15) is 11.5 Å². The fourth-order valence-corrected chi connectivity index (χ4v) is 1.47. The maximum Gasteiger partial charge on any atom is 0.153 e. The Morgan fingerprint density at radius 3 is 2.75 bits per heavy atom. The van der Waals surface area contributed by atoms with E-state index in [4.69, 9.17) is 10.3 Å². The molecule has 1 aromatic heterocycles. The van der Waals surface area contributed by atoms with E-state index < -0.39 is 0 Å². The smallest absolute Gasteiger partial charge is 0.153 e. The molecule has 0 saturated carbocycles. The highest BCUT2D eigenvalue weighted by Gasteiger charge is 2.12. The first kappa shape index (κ1) is 10.8. The summed E-state index contributed by atoms with van der Waals surface area (Å²) in [6.07, 6.45) is 0. The number of rotatable bonds is 2. The standard InChI is InChI=1S/C12H13FN2O/c1-7-3-4-10(13)9(5-7)11-6-12(8(2)14)16-15-11/h3-6,8H,14H2,1-2H3. The Balaban J connectivity index is 2.46. The number of benzene rings is 1. The van der Waals surface area contributed by atoms with E-state index in [0.717, 1.165) is 5.56 Å². The molecule has 0 aliphatic carbocycles. The molecule has 0 bridgehead atoms. The summed E-state index contributed by atoms with van der Waals surface area (Å²) in [6, 6.07) is 6.30. The summed E-state index contributed by atoms with van der Waals surface area (Å²) in [7, 11) is 0. The van der Waals surface area contributed by atoms with Gasteiger partial charge in [0.05, 0.1) is 6.04 Å². The summed E-state index contributed by atoms with van der Waals surface area (Å²) in [5.74, 6) is 0.242. The van der Waals surface area contributed by atoms with Gasteiger partial charge in [0, 0.05) is 11.6 Å². The van der Waals surface area contributed by atoms with Crippen molar-refractivity contribution in [2.75, 3.05) is 0 Å². The zero-order valence-electron chi connectivity index (χ0n) is 9.20. The van der Waals surface area contributed by atoms with Crippen molar-refractivity contribution in [2.45, 2.75) is 19.9 Å². The molecule has 0 spiro atoms. The maximum absolute atomic E-state index is 13.6. The van der Waals surface area contributed by atoms with Crippen LogP contribution in [0.2, 0.25) is 0 Å². The normalized spacial score (nSPS) is 12.8. The van der Waals surface area contributed by atoms with Gasteiger partial charge in [-0.05, 0) is 26.0 Å². The van der Waals surface area contributed by atoms with Gasteiger partial charge < -0.3 is 10.3 Å². The number of hydrogen-bond donors (Lipinski definition) is 1. The average molecular weight is 220 g/mol. The number of aromatic nitrogens is 1. The molecule has 4 heteroatoms. The number of halogens is 1. The molecule has 16 heavy (non-hydrogen) atoms. The predicted molar refractivity (Wildman–Crippen MR) is 59.2 cm³/mol. The SMILES string of the molecule is Cc1ccc(F)c(-c2cc(C(C)N)on2)c1. The topological polar surface area (TPSA) is 52.0 Å². The highest BCUT2D eigenvalue weighted by molar-refractivity contribution is 5.60. The first-order valence-corrected chi connectivity index (χ1v) is 5.06. The van der Waals surface area contributed by atoms with Crippen LogP contribution < -0.4 is 5.73 Å². The van der Waals surface area contributed by atoms with E-state index in [-0.39, 0.29) is 11.9 Å². The van der Waals surface area contributed by atoms with Gasteiger partial charge in [-0.25, -0.2) is 4.39 Å². The molecule has 0 radical (unpaired) electrons. The third-order valence-electron chi connectivity index (χ3n) is 2.37. The Hall–Kier alpha value is -1.68. The van der Waals surface area contributed by atoms with Crippen molar-refractivity contribution in [1.29, 1.82) is 0 Å². The molecule has 1 aromatic carbocycles. The van der Waals surface area contributed by atoms with Crippen molar-refractivity contribution >= 4 is 0 Å². The van der Waals surface area contributed by atoms with Gasteiger partial charge in [0.25, 0.3) is 0 Å². The quantitative estimate of drug-likeness (QED) is 0.846. The van der Waals surface area contributed by atoms with Crippen LogP contribution in [0.3, 0.4) is 0 Å². The molecule has 0 saturated heterocycles. The molecule has 1 heterocycles. The van der Waals surface area contributed by atoms with Gasteiger partial charge in [-0.2, -0.15) is 0 Å². The average Bonchev–Trinajstić information content (AvgIpc) is 2.70. The molecule has 0 fully saturated rings. The van der Waals surface area contributed by atoms with Crippen LogP contribution >= 0.6 is 0 Å². The van der Waals surface area contributed by atoms with Crippen molar-refractivity contribution < 1.29 is 8.91 Å². The molecule has 0 aliphatic heterocycles. The largest absolute Gasteiger partial charge is 0.359 e. The Morgan fingerprint density at radius 1 is 1.38 bits per heavy atom. The summed E-state index contributed by atoms with van der Waals surface area (Å²) in [5, 5.41) is 3.81. The summed E-state index contributed by atoms with van der Waals surface area (Å²) < 4.78 is 18.6. The van der Waals surface area contributed by atoms with Gasteiger partial charge in [0.2, 0.25) is 0 Å². The Kier molecular flexibility index (Phi) is 2.75. The van der Waals surface area contributed by atoms with Crippen LogP contribution in [-0.2, 0) is 0 Å². The molecule has 0 amide bonds. The van der Waals surface area contributed by atoms with E-state index in [9.17, 15) is 4.39 Å². The molecular weight excluding hydrogens is 207 g/mol. The monoisotopic (exact) mass is 220 g/mol. The lowest BCUT2D eigenvalue weighted by atomic mass is 10.1. The third kappa shape index (κ3) is 1.97. The van der Waals surface area contributed by atoms with Crippen molar-refractivity contribution in [1.82, 2.24) is 5.16 Å². The van der Waals surface area contributed by atoms with Crippen LogP contribution in [0.25, 0.3) is 11.3 Å². The minimum atomic E-state index is -0.310. The lowest BCUT2D eigenvalue weighted by Crippen LogP contribution is -2.02. The van der Waals surface area contributed by atoms with Crippen molar-refractivity contribution in [3.63, 3.8) is 0 Å². The molecule has 1 atom stereocenters. The second-order valence-electron chi connectivity index (χ2n) is 3.89. The van der Waals surface area contributed by atoms with Gasteiger partial charge in [0.15, 0.2) is 5.76 Å². The first-order valence-electron chi connectivity index (χ1n) is 5.06. The van der Waals surface area contributed by atoms with Gasteiger partial charge in [-0.3, -0.25) is 0 Å². The highest BCUT2D eigenvalue weighted by Crippen LogP contribution is 2.25. The van der Waals surface area contributed by atoms with E-state index in [2.05, 4.69) is 5.16 Å². The minimum Gasteiger partial charge on any atom is -0.359 e. The second-order valence-corrected chi connectivity index (χ2v) is 3.89. The molecule has 2 rings (SSSR count). The molecular formula is C12H13FN2O. The van der Waals surface area contributed by atoms with Crippen molar-refractivity contribution in [3.05, 3.63) is 41.4 Å². The lowest BCUT2D eigenvalue weighted by Gasteiger charge is -1.99. The summed E-state index contributed by atoms with van der Waals surface area (Å²) in [5.41, 5.74) is 7.54. The highest BCUT2D eigenvalue weighted by atomic mass is 19.1. The predicted octanol–water partition coefficient (Wildman–Crippen LogP) is 2.81. The summed E-state index contributed by atoms with van der Waals surface area (Å²) >= 11 is 0. The zero-order chi connectivity index (χ0) is 11.7. The van der Waals surface area contributed by atoms with Crippen molar-refractivity contribution in [3.8, 4) is 11.3 Å². The van der Waals surface area contributed by atoms with Crippen LogP contribution in [0.1, 0.15) is 24.3 Å². The van der Waals surface area contributed by atoms with Gasteiger partial charge in [-0.1, -0.05) is 16.8 Å². The molecule has 2 aromatic rings. The Labute approximate surface area is 93.1 Å². The Morgan fingerprint density at radius 2 is 2.12 bits per heavy atom. The number of nitrogens with two attached hydrogens (primary N) is 1. The van der Waals surface area contributed by atoms with Crippen LogP contribution in [0.15, 0.2) is 28.8 Å². The van der Waals surface area contributed by atoms with Crippen LogP contribution in [0, 0.1) is 12.7 Å². The molecule has 0 aliphatic rings. The second kappa shape index (κ2) is 4.06. The zero-order valence-corrected chi connectivity index (χ0v) is 9.20. The van der Waals surface area contributed by atoms with E-state index in [0.29, 0.717) is 17.0 Å². The number of hydrogen-bond acceptors (Lipinski definition) is 3. The van der Waals surface area contributed by atoms with Gasteiger partial charge >= 0.3 is 0 Å². The van der Waals surface area contributed by atoms with Gasteiger partial charge in [-0.15, -0.1) is 0 Å². The van der Waals surface area contributed by atoms with E-state index in [1.165, 1.54) is 6.07 Å². The summed E-state index contributed by atoms with van der Waals surface area (Å²) in [6.45, 7) is 3.69. The molecule has 2 N–H and O–H groups in total. The van der Waals surface area contributed by atoms with Crippen LogP contribution in [-0.4, -0.2) is 5.16 Å². The van der Waals surface area contributed by atoms with E-state index >= 15 is 0 Å². The van der Waals surface area contributed by atoms with Crippen LogP contribution in [0.5, 0.6) is 0 Å². The van der Waals surface area contributed by atoms with Crippen molar-refractivity contribution in [2.24, 2.45) is 5.73 Å². The van der Waals surface area contributed by atoms with Crippen LogP contribution in [0.4, 0.5) is 4.39 Å². The molecule has 84 valence electrons. The summed E-state index contributed by atoms with van der Waals surface area (Å²) in [4.78, 5) is 0. The fraction of sp³-hybridized carbons (Fsp3) is 0.250. The first-order chi connectivity index (χ1) is 7.58. The Bertz CT molecular complexity index is 505. The lowest BCUT2D eigenvalue weighted by molar-refractivity contribution is 0.369. The van der Waals surface area contributed by atoms with E-state index in [1.807, 2.05) is 6.92 Å². The maximum atomic E-state index is 13.6. The fourth-order valence-electron chi connectivity index (χ4n) is 1.47.